The zero-order valence-corrected chi connectivity index (χ0v) is 21.9. The van der Waals surface area contributed by atoms with Crippen LogP contribution in [0.5, 0.6) is 5.75 Å². The van der Waals surface area contributed by atoms with Crippen molar-refractivity contribution < 1.29 is 23.5 Å². The van der Waals surface area contributed by atoms with Crippen molar-refractivity contribution in [2.24, 2.45) is 0 Å². The minimum absolute atomic E-state index is 0.139. The molecule has 7 nitrogen and oxygen atoms in total. The molecule has 0 bridgehead atoms. The minimum atomic E-state index is -0.418. The molecule has 1 fully saturated rings. The second-order valence-electron chi connectivity index (χ2n) is 9.05. The number of hydrogen-bond donors (Lipinski definition) is 2. The van der Waals surface area contributed by atoms with Crippen LogP contribution in [0.2, 0.25) is 0 Å². The molecule has 2 N–H and O–H groups in total. The number of halogens is 1. The summed E-state index contributed by atoms with van der Waals surface area (Å²) >= 11 is 0. The molecule has 1 saturated heterocycles. The van der Waals surface area contributed by atoms with Crippen LogP contribution < -0.4 is 25.8 Å². The van der Waals surface area contributed by atoms with Crippen molar-refractivity contribution in [1.29, 1.82) is 0 Å². The molecule has 3 rings (SSSR count). The number of benzene rings is 2. The number of anilines is 2. The van der Waals surface area contributed by atoms with Crippen LogP contribution >= 0.6 is 0 Å². The predicted octanol–water partition coefficient (Wildman–Crippen LogP) is 3.79. The number of carbonyl (C=O) groups excluding carboxylic acids is 2. The molecule has 0 unspecified atom stereocenters. The summed E-state index contributed by atoms with van der Waals surface area (Å²) in [7, 11) is 1.58. The van der Waals surface area contributed by atoms with Crippen molar-refractivity contribution in [2.75, 3.05) is 44.0 Å². The number of methoxy groups -OCH3 is 1. The van der Waals surface area contributed by atoms with Gasteiger partial charge in [-0.1, -0.05) is 12.7 Å². The van der Waals surface area contributed by atoms with Gasteiger partial charge in [-0.25, -0.2) is 4.39 Å². The number of carbonyl (C=O) groups is 2. The van der Waals surface area contributed by atoms with E-state index in [2.05, 4.69) is 17.2 Å². The van der Waals surface area contributed by atoms with Gasteiger partial charge in [-0.15, -0.1) is 0 Å². The Morgan fingerprint density at radius 1 is 1.03 bits per heavy atom. The molecule has 8 heteroatoms. The quantitative estimate of drug-likeness (QED) is 0.376. The standard InChI is InChI=1S/C29H36FN3O4/c1-5-20(2)25-17-24(37-16-15-36-4)18-26(30)29(25)21(3)31-22-9-11-23(12-10-22)32-27(34)19-28(35)33-13-7-6-8-14-33/h5,9-12,17-18,31H,1,6-8,13-16,19H2,2-4H3,(H,32,34)/b25-20-,29-21-. The molecule has 1 aliphatic heterocycles. The molecule has 1 heterocycles. The molecule has 0 aliphatic carbocycles. The monoisotopic (exact) mass is 509 g/mol. The van der Waals surface area contributed by atoms with E-state index in [9.17, 15) is 9.59 Å². The predicted molar refractivity (Wildman–Crippen MR) is 145 cm³/mol. The highest BCUT2D eigenvalue weighted by molar-refractivity contribution is 6.03. The minimum Gasteiger partial charge on any atom is -0.491 e. The van der Waals surface area contributed by atoms with E-state index in [1.54, 1.807) is 55.3 Å². The van der Waals surface area contributed by atoms with E-state index in [0.29, 0.717) is 40.8 Å². The van der Waals surface area contributed by atoms with Crippen molar-refractivity contribution in [2.45, 2.75) is 39.5 Å². The van der Waals surface area contributed by atoms with Crippen molar-refractivity contribution in [3.8, 4) is 5.75 Å². The van der Waals surface area contributed by atoms with E-state index in [1.807, 2.05) is 6.92 Å². The van der Waals surface area contributed by atoms with Gasteiger partial charge in [0.05, 0.1) is 6.61 Å². The third kappa shape index (κ3) is 7.92. The zero-order chi connectivity index (χ0) is 26.8. The Kier molecular flexibility index (Phi) is 10.3. The van der Waals surface area contributed by atoms with Crippen LogP contribution in [-0.4, -0.2) is 50.1 Å². The summed E-state index contributed by atoms with van der Waals surface area (Å²) in [4.78, 5) is 26.4. The van der Waals surface area contributed by atoms with Crippen LogP contribution in [0.4, 0.5) is 15.8 Å². The SMILES string of the molecule is C=C/C(C)=c1/cc(OCCOC)cc(F)/c1=C(/C)Nc1ccc(NC(=O)CC(=O)N2CCCCC2)cc1. The van der Waals surface area contributed by atoms with Gasteiger partial charge in [0.25, 0.3) is 0 Å². The van der Waals surface area contributed by atoms with Gasteiger partial charge in [-0.2, -0.15) is 0 Å². The summed E-state index contributed by atoms with van der Waals surface area (Å²) in [5.74, 6) is -0.478. The third-order valence-electron chi connectivity index (χ3n) is 6.25. The molecule has 0 aromatic heterocycles. The lowest BCUT2D eigenvalue weighted by molar-refractivity contribution is -0.135. The van der Waals surface area contributed by atoms with Crippen LogP contribution in [0.3, 0.4) is 0 Å². The topological polar surface area (TPSA) is 79.9 Å². The lowest BCUT2D eigenvalue weighted by atomic mass is 10.1. The van der Waals surface area contributed by atoms with Crippen molar-refractivity contribution in [3.05, 3.63) is 65.3 Å². The van der Waals surface area contributed by atoms with E-state index in [-0.39, 0.29) is 18.2 Å². The third-order valence-corrected chi connectivity index (χ3v) is 6.25. The Balaban J connectivity index is 1.73. The van der Waals surface area contributed by atoms with Crippen LogP contribution in [0.1, 0.15) is 39.5 Å². The number of nitrogens with zero attached hydrogens (tertiary/aromatic N) is 1. The smallest absolute Gasteiger partial charge is 0.233 e. The highest BCUT2D eigenvalue weighted by Gasteiger charge is 2.19. The van der Waals surface area contributed by atoms with Gasteiger partial charge >= 0.3 is 0 Å². The highest BCUT2D eigenvalue weighted by atomic mass is 19.1. The van der Waals surface area contributed by atoms with Gasteiger partial charge < -0.3 is 25.0 Å². The van der Waals surface area contributed by atoms with Gasteiger partial charge in [0.2, 0.25) is 11.8 Å². The fraction of sp³-hybridized carbons (Fsp3) is 0.379. The molecule has 1 aliphatic rings. The van der Waals surface area contributed by atoms with E-state index in [0.717, 1.165) is 43.6 Å². The summed E-state index contributed by atoms with van der Waals surface area (Å²) in [5, 5.41) is 7.11. The molecular formula is C29H36FN3O4. The molecule has 0 radical (unpaired) electrons. The first-order valence-electron chi connectivity index (χ1n) is 12.5. The van der Waals surface area contributed by atoms with Crippen LogP contribution in [0.15, 0.2) is 49.1 Å². The number of amides is 2. The van der Waals surface area contributed by atoms with E-state index in [1.165, 1.54) is 6.07 Å². The van der Waals surface area contributed by atoms with Gasteiger partial charge in [-0.05, 0) is 74.2 Å². The van der Waals surface area contributed by atoms with E-state index in [4.69, 9.17) is 9.47 Å². The summed E-state index contributed by atoms with van der Waals surface area (Å²) in [6.07, 6.45) is 4.61. The fourth-order valence-electron chi connectivity index (χ4n) is 4.22. The molecule has 0 atom stereocenters. The Labute approximate surface area is 217 Å². The van der Waals surface area contributed by atoms with Gasteiger partial charge in [-0.3, -0.25) is 9.59 Å². The Bertz CT molecular complexity index is 1240. The largest absolute Gasteiger partial charge is 0.491 e. The molecule has 198 valence electrons. The van der Waals surface area contributed by atoms with Crippen LogP contribution in [0.25, 0.3) is 11.3 Å². The van der Waals surface area contributed by atoms with Crippen molar-refractivity contribution >= 4 is 34.5 Å². The summed E-state index contributed by atoms with van der Waals surface area (Å²) in [5.41, 5.74) is 2.73. The summed E-state index contributed by atoms with van der Waals surface area (Å²) in [6, 6.07) is 10.2. The first kappa shape index (κ1) is 27.9. The van der Waals surface area contributed by atoms with Gasteiger partial charge in [0, 0.05) is 48.6 Å². The summed E-state index contributed by atoms with van der Waals surface area (Å²) in [6.45, 7) is 9.65. The van der Waals surface area contributed by atoms with Crippen molar-refractivity contribution in [1.82, 2.24) is 4.90 Å². The molecule has 37 heavy (non-hydrogen) atoms. The first-order valence-corrected chi connectivity index (χ1v) is 12.5. The second-order valence-corrected chi connectivity index (χ2v) is 9.05. The highest BCUT2D eigenvalue weighted by Crippen LogP contribution is 2.17. The number of hydrogen-bond acceptors (Lipinski definition) is 5. The zero-order valence-electron chi connectivity index (χ0n) is 21.9. The number of rotatable bonds is 10. The number of nitrogens with one attached hydrogen (secondary N) is 2. The number of allylic oxidation sites excluding steroid dienone is 1. The number of ether oxygens (including phenoxy) is 2. The second kappa shape index (κ2) is 13.6. The Morgan fingerprint density at radius 2 is 1.68 bits per heavy atom. The summed E-state index contributed by atoms with van der Waals surface area (Å²) < 4.78 is 25.8. The maximum absolute atomic E-state index is 15.2. The Hall–Kier alpha value is -3.65. The van der Waals surface area contributed by atoms with E-state index >= 15 is 4.39 Å². The average molecular weight is 510 g/mol. The van der Waals surface area contributed by atoms with Gasteiger partial charge in [0.1, 0.15) is 24.6 Å². The van der Waals surface area contributed by atoms with Crippen molar-refractivity contribution in [3.63, 3.8) is 0 Å². The molecular weight excluding hydrogens is 473 g/mol. The Morgan fingerprint density at radius 3 is 2.30 bits per heavy atom. The lowest BCUT2D eigenvalue weighted by Crippen LogP contribution is -2.37. The molecule has 2 aromatic carbocycles. The van der Waals surface area contributed by atoms with Crippen LogP contribution in [0, 0.1) is 5.82 Å². The molecule has 2 amide bonds. The average Bonchev–Trinajstić information content (AvgIpc) is 2.89. The molecule has 0 saturated carbocycles. The maximum atomic E-state index is 15.2. The number of likely N-dealkylation sites (tertiary alicyclic amines) is 1. The van der Waals surface area contributed by atoms with Crippen LogP contribution in [-0.2, 0) is 14.3 Å². The fourth-order valence-corrected chi connectivity index (χ4v) is 4.22. The van der Waals surface area contributed by atoms with Gasteiger partial charge in [0.15, 0.2) is 0 Å². The lowest BCUT2D eigenvalue weighted by Gasteiger charge is -2.26. The van der Waals surface area contributed by atoms with E-state index < -0.39 is 5.82 Å². The number of piperidine rings is 1. The molecule has 2 aromatic rings. The normalized spacial score (nSPS) is 15.0. The molecule has 0 spiro atoms. The first-order chi connectivity index (χ1) is 17.8. The maximum Gasteiger partial charge on any atom is 0.233 e.